The molecule has 0 heterocycles. The van der Waals surface area contributed by atoms with Crippen LogP contribution in [0.4, 0.5) is 0 Å². The third-order valence-electron chi connectivity index (χ3n) is 7.67. The number of hydrogen-bond acceptors (Lipinski definition) is 9. The molecule has 0 aliphatic heterocycles. The zero-order valence-corrected chi connectivity index (χ0v) is 29.9. The summed E-state index contributed by atoms with van der Waals surface area (Å²) in [6.07, 6.45) is 26.3. The highest BCUT2D eigenvalue weighted by Crippen LogP contribution is 2.43. The van der Waals surface area contributed by atoms with Gasteiger partial charge in [0.15, 0.2) is 6.10 Å². The Kier molecular flexibility index (Phi) is 31.4. The molecule has 1 unspecified atom stereocenters. The lowest BCUT2D eigenvalue weighted by Crippen LogP contribution is -2.29. The topological polar surface area (TPSA) is 149 Å². The fourth-order valence-electron chi connectivity index (χ4n) is 4.80. The number of allylic oxidation sites excluding steroid dienone is 2. The predicted octanol–water partition coefficient (Wildman–Crippen LogP) is 8.50. The van der Waals surface area contributed by atoms with E-state index in [1.165, 1.54) is 83.5 Å². The van der Waals surface area contributed by atoms with Crippen LogP contribution in [-0.2, 0) is 32.7 Å². The lowest BCUT2D eigenvalue weighted by molar-refractivity contribution is -0.161. The van der Waals surface area contributed by atoms with Gasteiger partial charge in [-0.25, -0.2) is 4.57 Å². The Bertz CT molecular complexity index is 791. The van der Waals surface area contributed by atoms with Gasteiger partial charge in [0.05, 0.1) is 19.8 Å². The van der Waals surface area contributed by atoms with Crippen LogP contribution in [0.25, 0.3) is 0 Å². The third kappa shape index (κ3) is 31.3. The molecule has 3 N–H and O–H groups in total. The number of hydrogen-bond donors (Lipinski definition) is 3. The van der Waals surface area contributed by atoms with E-state index in [9.17, 15) is 24.2 Å². The van der Waals surface area contributed by atoms with Crippen molar-refractivity contribution in [2.75, 3.05) is 26.4 Å². The van der Waals surface area contributed by atoms with Crippen LogP contribution in [0.3, 0.4) is 0 Å². The van der Waals surface area contributed by atoms with Crippen LogP contribution < -0.4 is 0 Å². The Morgan fingerprint density at radius 2 is 1.09 bits per heavy atom. The van der Waals surface area contributed by atoms with Crippen molar-refractivity contribution in [3.05, 3.63) is 12.2 Å². The molecule has 0 radical (unpaired) electrons. The maximum Gasteiger partial charge on any atom is 0.472 e. The number of aliphatic hydroxyl groups excluding tert-OH is 2. The smallest absolute Gasteiger partial charge is 0.462 e. The predicted molar refractivity (Wildman–Crippen MR) is 182 cm³/mol. The molecule has 0 spiro atoms. The SMILES string of the molecule is CCCC/C=C/CCCCCCCCCCCC(=O)OC[C@@H](COP(=O)(O)OC[C@H](O)CO)OC(=O)CCCCCCCCCC. The molecule has 3 atom stereocenters. The number of aliphatic hydroxyl groups is 2. The Labute approximate surface area is 279 Å². The molecule has 0 bridgehead atoms. The number of rotatable bonds is 34. The van der Waals surface area contributed by atoms with Crippen molar-refractivity contribution in [1.29, 1.82) is 0 Å². The van der Waals surface area contributed by atoms with E-state index in [0.717, 1.165) is 38.5 Å². The molecule has 0 amide bonds. The Balaban J connectivity index is 4.31. The molecule has 0 saturated heterocycles. The molecule has 0 aromatic carbocycles. The largest absolute Gasteiger partial charge is 0.472 e. The van der Waals surface area contributed by atoms with E-state index in [4.69, 9.17) is 19.1 Å². The molecule has 46 heavy (non-hydrogen) atoms. The summed E-state index contributed by atoms with van der Waals surface area (Å²) < 4.78 is 32.4. The van der Waals surface area contributed by atoms with Gasteiger partial charge in [0.25, 0.3) is 0 Å². The second-order valence-corrected chi connectivity index (χ2v) is 13.7. The maximum absolute atomic E-state index is 12.4. The average molecular weight is 679 g/mol. The number of unbranched alkanes of at least 4 members (excludes halogenated alkanes) is 18. The van der Waals surface area contributed by atoms with E-state index >= 15 is 0 Å². The maximum atomic E-state index is 12.4. The highest BCUT2D eigenvalue weighted by Gasteiger charge is 2.27. The molecule has 0 aliphatic rings. The fraction of sp³-hybridized carbons (Fsp3) is 0.886. The van der Waals surface area contributed by atoms with Crippen LogP contribution in [0, 0.1) is 0 Å². The summed E-state index contributed by atoms with van der Waals surface area (Å²) in [7, 11) is -4.60. The Hall–Kier alpha value is -1.29. The first-order chi connectivity index (χ1) is 22.2. The van der Waals surface area contributed by atoms with Crippen molar-refractivity contribution >= 4 is 19.8 Å². The van der Waals surface area contributed by atoms with E-state index in [-0.39, 0.29) is 19.4 Å². The molecule has 0 saturated carbocycles. The van der Waals surface area contributed by atoms with Crippen molar-refractivity contribution in [3.8, 4) is 0 Å². The fourth-order valence-corrected chi connectivity index (χ4v) is 5.59. The van der Waals surface area contributed by atoms with Gasteiger partial charge < -0.3 is 24.6 Å². The minimum absolute atomic E-state index is 0.186. The molecular formula is C35H67O10P. The van der Waals surface area contributed by atoms with E-state index in [1.807, 2.05) is 0 Å². The van der Waals surface area contributed by atoms with Crippen molar-refractivity contribution in [3.63, 3.8) is 0 Å². The zero-order chi connectivity index (χ0) is 34.1. The number of ether oxygens (including phenoxy) is 2. The zero-order valence-electron chi connectivity index (χ0n) is 29.0. The summed E-state index contributed by atoms with van der Waals surface area (Å²) in [5.74, 6) is -0.929. The number of carbonyl (C=O) groups excluding carboxylic acids is 2. The first kappa shape index (κ1) is 44.7. The van der Waals surface area contributed by atoms with Crippen molar-refractivity contribution < 1.29 is 47.8 Å². The monoisotopic (exact) mass is 678 g/mol. The van der Waals surface area contributed by atoms with Crippen molar-refractivity contribution in [2.45, 2.75) is 174 Å². The molecular weight excluding hydrogens is 611 g/mol. The van der Waals surface area contributed by atoms with Crippen LogP contribution in [0.2, 0.25) is 0 Å². The number of phosphoric acid groups is 1. The third-order valence-corrected chi connectivity index (χ3v) is 8.62. The normalized spacial score (nSPS) is 14.3. The van der Waals surface area contributed by atoms with E-state index in [2.05, 4.69) is 30.5 Å². The summed E-state index contributed by atoms with van der Waals surface area (Å²) in [5, 5.41) is 18.2. The number of carbonyl (C=O) groups is 2. The highest BCUT2D eigenvalue weighted by atomic mass is 31.2. The first-order valence-corrected chi connectivity index (χ1v) is 19.6. The van der Waals surface area contributed by atoms with Gasteiger partial charge in [-0.05, 0) is 32.1 Å². The first-order valence-electron chi connectivity index (χ1n) is 18.1. The molecule has 10 nitrogen and oxygen atoms in total. The summed E-state index contributed by atoms with van der Waals surface area (Å²) in [6, 6.07) is 0. The van der Waals surface area contributed by atoms with Crippen LogP contribution in [0.5, 0.6) is 0 Å². The highest BCUT2D eigenvalue weighted by molar-refractivity contribution is 7.47. The molecule has 0 aromatic rings. The van der Waals surface area contributed by atoms with Gasteiger partial charge in [0.1, 0.15) is 12.7 Å². The van der Waals surface area contributed by atoms with E-state index in [1.54, 1.807) is 0 Å². The minimum atomic E-state index is -4.60. The second-order valence-electron chi connectivity index (χ2n) is 12.3. The number of esters is 2. The van der Waals surface area contributed by atoms with Gasteiger partial charge in [-0.2, -0.15) is 0 Å². The van der Waals surface area contributed by atoms with Gasteiger partial charge >= 0.3 is 19.8 Å². The van der Waals surface area contributed by atoms with Gasteiger partial charge in [0.2, 0.25) is 0 Å². The molecule has 0 aromatic heterocycles. The van der Waals surface area contributed by atoms with Crippen LogP contribution in [0.15, 0.2) is 12.2 Å². The van der Waals surface area contributed by atoms with Gasteiger partial charge in [-0.1, -0.05) is 129 Å². The summed E-state index contributed by atoms with van der Waals surface area (Å²) in [5.41, 5.74) is 0. The van der Waals surface area contributed by atoms with Crippen LogP contribution in [-0.4, -0.2) is 65.7 Å². The van der Waals surface area contributed by atoms with Gasteiger partial charge in [-0.15, -0.1) is 0 Å². The Morgan fingerprint density at radius 3 is 1.63 bits per heavy atom. The summed E-state index contributed by atoms with van der Waals surface area (Å²) >= 11 is 0. The van der Waals surface area contributed by atoms with Crippen LogP contribution in [0.1, 0.15) is 162 Å². The molecule has 272 valence electrons. The van der Waals surface area contributed by atoms with Gasteiger partial charge in [0, 0.05) is 12.8 Å². The minimum Gasteiger partial charge on any atom is -0.462 e. The number of phosphoric ester groups is 1. The van der Waals surface area contributed by atoms with E-state index < -0.39 is 51.8 Å². The molecule has 0 rings (SSSR count). The lowest BCUT2D eigenvalue weighted by Gasteiger charge is -2.20. The van der Waals surface area contributed by atoms with Crippen molar-refractivity contribution in [1.82, 2.24) is 0 Å². The summed E-state index contributed by atoms with van der Waals surface area (Å²) in [6.45, 7) is 2.30. The average Bonchev–Trinajstić information content (AvgIpc) is 3.04. The quantitative estimate of drug-likeness (QED) is 0.0262. The van der Waals surface area contributed by atoms with Gasteiger partial charge in [-0.3, -0.25) is 18.6 Å². The van der Waals surface area contributed by atoms with Crippen molar-refractivity contribution in [2.24, 2.45) is 0 Å². The molecule has 0 aliphatic carbocycles. The van der Waals surface area contributed by atoms with Crippen LogP contribution >= 0.6 is 7.82 Å². The Morgan fingerprint density at radius 1 is 0.630 bits per heavy atom. The molecule has 0 fully saturated rings. The summed E-state index contributed by atoms with van der Waals surface area (Å²) in [4.78, 5) is 34.6. The standard InChI is InChI=1S/C35H67O10P/c1-3-5-7-9-11-13-14-15-16-17-18-19-21-22-24-26-34(38)42-30-33(31-44-46(40,41)43-29-32(37)28-36)45-35(39)27-25-23-20-12-10-8-6-4-2/h9,11,32-33,36-37H,3-8,10,12-31H2,1-2H3,(H,40,41)/b11-9+/t32-,33+/m1/s1. The lowest BCUT2D eigenvalue weighted by atomic mass is 10.1. The molecule has 11 heteroatoms. The van der Waals surface area contributed by atoms with E-state index in [0.29, 0.717) is 12.8 Å². The second kappa shape index (κ2) is 32.3.